The minimum atomic E-state index is -0.433. The molecule has 0 atom stereocenters. The van der Waals surface area contributed by atoms with Gasteiger partial charge in [0.05, 0.1) is 11.3 Å². The predicted octanol–water partition coefficient (Wildman–Crippen LogP) is 3.81. The van der Waals surface area contributed by atoms with Gasteiger partial charge in [0.25, 0.3) is 11.1 Å². The number of H-pyrrole nitrogens is 1. The van der Waals surface area contributed by atoms with Crippen LogP contribution >= 0.6 is 11.8 Å². The Morgan fingerprint density at radius 2 is 1.96 bits per heavy atom. The maximum absolute atomic E-state index is 13.8. The van der Waals surface area contributed by atoms with E-state index in [-0.39, 0.29) is 28.3 Å². The molecule has 2 N–H and O–H groups in total. The molecule has 1 amide bonds. The summed E-state index contributed by atoms with van der Waals surface area (Å²) in [5.41, 5.74) is 2.49. The second kappa shape index (κ2) is 8.26. The summed E-state index contributed by atoms with van der Waals surface area (Å²) in [5.74, 6) is -0.319. The second-order valence-corrected chi connectivity index (χ2v) is 7.03. The van der Waals surface area contributed by atoms with E-state index in [1.807, 2.05) is 24.4 Å². The van der Waals surface area contributed by atoms with E-state index >= 15 is 0 Å². The van der Waals surface area contributed by atoms with Crippen molar-refractivity contribution in [3.05, 3.63) is 66.1 Å². The highest BCUT2D eigenvalue weighted by Crippen LogP contribution is 2.25. The zero-order valence-corrected chi connectivity index (χ0v) is 15.6. The van der Waals surface area contributed by atoms with Crippen LogP contribution in [0.15, 0.2) is 64.4 Å². The van der Waals surface area contributed by atoms with Gasteiger partial charge in [0.1, 0.15) is 5.82 Å². The summed E-state index contributed by atoms with van der Waals surface area (Å²) in [4.78, 5) is 15.3. The number of halogens is 1. The molecule has 0 aliphatic carbocycles. The van der Waals surface area contributed by atoms with Crippen LogP contribution in [0, 0.1) is 5.82 Å². The van der Waals surface area contributed by atoms with Crippen LogP contribution in [0.4, 0.5) is 4.39 Å². The number of aromatic amines is 1. The van der Waals surface area contributed by atoms with Gasteiger partial charge in [-0.1, -0.05) is 42.1 Å². The Morgan fingerprint density at radius 1 is 1.14 bits per heavy atom. The number of carbonyl (C=O) groups is 1. The van der Waals surface area contributed by atoms with Gasteiger partial charge in [0, 0.05) is 23.6 Å². The Labute approximate surface area is 164 Å². The summed E-state index contributed by atoms with van der Waals surface area (Å²) in [6.07, 6.45) is 2.70. The molecule has 4 aromatic rings. The highest BCUT2D eigenvalue weighted by molar-refractivity contribution is 7.99. The van der Waals surface area contributed by atoms with Gasteiger partial charge in [-0.25, -0.2) is 4.39 Å². The third-order valence-electron chi connectivity index (χ3n) is 4.23. The number of hydrogen-bond acceptors (Lipinski definition) is 5. The van der Waals surface area contributed by atoms with Crippen molar-refractivity contribution >= 4 is 28.6 Å². The fourth-order valence-electron chi connectivity index (χ4n) is 2.86. The monoisotopic (exact) mass is 396 g/mol. The van der Waals surface area contributed by atoms with Crippen LogP contribution in [0.2, 0.25) is 0 Å². The molecule has 142 valence electrons. The number of para-hydroxylation sites is 1. The number of nitrogens with zero attached hydrogens (tertiary/aromatic N) is 2. The first-order valence-electron chi connectivity index (χ1n) is 8.73. The molecular weight excluding hydrogens is 379 g/mol. The number of nitrogens with one attached hydrogen (secondary N) is 2. The van der Waals surface area contributed by atoms with Crippen molar-refractivity contribution in [2.24, 2.45) is 0 Å². The summed E-state index contributed by atoms with van der Waals surface area (Å²) >= 11 is 1.12. The molecule has 2 aromatic carbocycles. The zero-order valence-electron chi connectivity index (χ0n) is 14.8. The summed E-state index contributed by atoms with van der Waals surface area (Å²) in [6.45, 7) is 0.533. The van der Waals surface area contributed by atoms with Gasteiger partial charge in [0.15, 0.2) is 0 Å². The van der Waals surface area contributed by atoms with E-state index in [9.17, 15) is 9.18 Å². The molecule has 28 heavy (non-hydrogen) atoms. The smallest absolute Gasteiger partial charge is 0.277 e. The molecule has 0 unspecified atom stereocenters. The topological polar surface area (TPSA) is 83.8 Å². The molecule has 0 aliphatic heterocycles. The van der Waals surface area contributed by atoms with Gasteiger partial charge >= 0.3 is 0 Å². The SMILES string of the molecule is O=C(CSc1nnc(-c2ccccc2F)o1)NCCc1c[nH]c2ccccc12. The average molecular weight is 396 g/mol. The molecular formula is C20H17FN4O2S. The Morgan fingerprint density at radius 3 is 2.86 bits per heavy atom. The quantitative estimate of drug-likeness (QED) is 0.464. The molecule has 8 heteroatoms. The first-order valence-corrected chi connectivity index (χ1v) is 9.72. The summed E-state index contributed by atoms with van der Waals surface area (Å²) in [7, 11) is 0. The standard InChI is InChI=1S/C20H17FN4O2S/c21-16-7-3-1-6-15(16)19-24-25-20(27-19)28-12-18(26)22-10-9-13-11-23-17-8-4-2-5-14(13)17/h1-8,11,23H,9-10,12H2,(H,22,26). The maximum atomic E-state index is 13.8. The number of rotatable bonds is 7. The van der Waals surface area contributed by atoms with Crippen molar-refractivity contribution < 1.29 is 13.6 Å². The Hall–Kier alpha value is -3.13. The highest BCUT2D eigenvalue weighted by Gasteiger charge is 2.14. The molecule has 0 saturated carbocycles. The van der Waals surface area contributed by atoms with Gasteiger partial charge in [-0.15, -0.1) is 10.2 Å². The lowest BCUT2D eigenvalue weighted by atomic mass is 10.1. The fraction of sp³-hybridized carbons (Fsp3) is 0.150. The number of amides is 1. The number of aromatic nitrogens is 3. The van der Waals surface area contributed by atoms with Gasteiger partial charge in [0.2, 0.25) is 5.91 Å². The summed E-state index contributed by atoms with van der Waals surface area (Å²) in [6, 6.07) is 14.2. The minimum Gasteiger partial charge on any atom is -0.411 e. The molecule has 0 radical (unpaired) electrons. The highest BCUT2D eigenvalue weighted by atomic mass is 32.2. The van der Waals surface area contributed by atoms with E-state index in [0.717, 1.165) is 34.6 Å². The van der Waals surface area contributed by atoms with Gasteiger partial charge in [-0.2, -0.15) is 0 Å². The molecule has 2 heterocycles. The van der Waals surface area contributed by atoms with Crippen molar-refractivity contribution in [1.29, 1.82) is 0 Å². The van der Waals surface area contributed by atoms with E-state index < -0.39 is 5.82 Å². The van der Waals surface area contributed by atoms with E-state index in [4.69, 9.17) is 4.42 Å². The zero-order chi connectivity index (χ0) is 19.3. The molecule has 2 aromatic heterocycles. The van der Waals surface area contributed by atoms with Crippen LogP contribution in [-0.4, -0.2) is 33.4 Å². The second-order valence-electron chi connectivity index (χ2n) is 6.10. The summed E-state index contributed by atoms with van der Waals surface area (Å²) < 4.78 is 19.2. The molecule has 0 spiro atoms. The Kier molecular flexibility index (Phi) is 5.38. The third kappa shape index (κ3) is 4.07. The van der Waals surface area contributed by atoms with Gasteiger partial charge in [-0.3, -0.25) is 4.79 Å². The molecule has 0 bridgehead atoms. The molecule has 4 rings (SSSR count). The van der Waals surface area contributed by atoms with Crippen LogP contribution in [0.1, 0.15) is 5.56 Å². The summed E-state index contributed by atoms with van der Waals surface area (Å²) in [5, 5.41) is 12.0. The Balaban J connectivity index is 1.26. The van der Waals surface area contributed by atoms with Crippen LogP contribution in [0.5, 0.6) is 0 Å². The molecule has 0 aliphatic rings. The van der Waals surface area contributed by atoms with Crippen molar-refractivity contribution in [2.75, 3.05) is 12.3 Å². The first-order chi connectivity index (χ1) is 13.7. The normalized spacial score (nSPS) is 11.0. The number of carbonyl (C=O) groups excluding carboxylic acids is 1. The van der Waals surface area contributed by atoms with Crippen molar-refractivity contribution in [2.45, 2.75) is 11.6 Å². The van der Waals surface area contributed by atoms with Gasteiger partial charge in [-0.05, 0) is 30.2 Å². The van der Waals surface area contributed by atoms with Gasteiger partial charge < -0.3 is 14.7 Å². The first kappa shape index (κ1) is 18.2. The molecule has 0 fully saturated rings. The number of hydrogen-bond donors (Lipinski definition) is 2. The van der Waals surface area contributed by atoms with E-state index in [2.05, 4.69) is 26.6 Å². The number of benzene rings is 2. The average Bonchev–Trinajstić information content (AvgIpc) is 3.34. The maximum Gasteiger partial charge on any atom is 0.277 e. The fourth-order valence-corrected chi connectivity index (χ4v) is 3.46. The van der Waals surface area contributed by atoms with Crippen LogP contribution < -0.4 is 5.32 Å². The van der Waals surface area contributed by atoms with Crippen molar-refractivity contribution in [1.82, 2.24) is 20.5 Å². The van der Waals surface area contributed by atoms with E-state index in [1.54, 1.807) is 18.2 Å². The van der Waals surface area contributed by atoms with Crippen LogP contribution in [0.25, 0.3) is 22.4 Å². The lowest BCUT2D eigenvalue weighted by molar-refractivity contribution is -0.118. The van der Waals surface area contributed by atoms with E-state index in [0.29, 0.717) is 6.54 Å². The largest absolute Gasteiger partial charge is 0.411 e. The molecule has 0 saturated heterocycles. The lowest BCUT2D eigenvalue weighted by Gasteiger charge is -2.03. The Bertz CT molecular complexity index is 1110. The van der Waals surface area contributed by atoms with Crippen molar-refractivity contribution in [3.8, 4) is 11.5 Å². The third-order valence-corrected chi connectivity index (χ3v) is 5.05. The van der Waals surface area contributed by atoms with Crippen LogP contribution in [0.3, 0.4) is 0 Å². The lowest BCUT2D eigenvalue weighted by Crippen LogP contribution is -2.27. The van der Waals surface area contributed by atoms with E-state index in [1.165, 1.54) is 6.07 Å². The number of fused-ring (bicyclic) bond motifs is 1. The molecule has 6 nitrogen and oxygen atoms in total. The van der Waals surface area contributed by atoms with Crippen LogP contribution in [-0.2, 0) is 11.2 Å². The number of thioether (sulfide) groups is 1. The van der Waals surface area contributed by atoms with Crippen molar-refractivity contribution in [3.63, 3.8) is 0 Å². The minimum absolute atomic E-state index is 0.0975. The predicted molar refractivity (Wildman–Crippen MR) is 105 cm³/mol.